The van der Waals surface area contributed by atoms with E-state index in [1.54, 1.807) is 49.5 Å². The Hall–Kier alpha value is -2.68. The van der Waals surface area contributed by atoms with Gasteiger partial charge in [-0.2, -0.15) is 0 Å². The third-order valence-electron chi connectivity index (χ3n) is 3.84. The summed E-state index contributed by atoms with van der Waals surface area (Å²) >= 11 is 6.06. The molecule has 0 aliphatic heterocycles. The quantitative estimate of drug-likeness (QED) is 0.605. The molecule has 1 aromatic heterocycles. The summed E-state index contributed by atoms with van der Waals surface area (Å²) in [6.45, 7) is 1.80. The lowest BCUT2D eigenvalue weighted by atomic mass is 10.1. The molecule has 0 radical (unpaired) electrons. The maximum absolute atomic E-state index is 12.3. The zero-order valence-electron chi connectivity index (χ0n) is 14.4. The lowest BCUT2D eigenvalue weighted by Gasteiger charge is -2.11. The van der Waals surface area contributed by atoms with Gasteiger partial charge < -0.3 is 10.3 Å². The first-order valence-corrected chi connectivity index (χ1v) is 9.88. The van der Waals surface area contributed by atoms with Crippen LogP contribution in [0.3, 0.4) is 0 Å². The van der Waals surface area contributed by atoms with Crippen molar-refractivity contribution in [1.82, 2.24) is 9.97 Å². The molecule has 27 heavy (non-hydrogen) atoms. The molecule has 2 aromatic carbocycles. The predicted molar refractivity (Wildman–Crippen MR) is 104 cm³/mol. The number of carbonyl (C=O) groups excluding carboxylic acids is 1. The summed E-state index contributed by atoms with van der Waals surface area (Å²) in [5, 5.41) is 8.50. The van der Waals surface area contributed by atoms with Gasteiger partial charge in [-0.3, -0.25) is 4.79 Å². The van der Waals surface area contributed by atoms with E-state index in [-0.39, 0.29) is 17.2 Å². The number of nitrogens with zero attached hydrogens (tertiary/aromatic N) is 1. The van der Waals surface area contributed by atoms with Crippen molar-refractivity contribution in [2.45, 2.75) is 18.2 Å². The van der Waals surface area contributed by atoms with E-state index in [0.717, 1.165) is 5.69 Å². The number of aryl methyl sites for hydroxylation is 1. The molecule has 140 valence electrons. The summed E-state index contributed by atoms with van der Waals surface area (Å²) in [5.41, 5.74) is 2.09. The average molecular weight is 405 g/mol. The van der Waals surface area contributed by atoms with E-state index in [4.69, 9.17) is 16.7 Å². The van der Waals surface area contributed by atoms with Crippen LogP contribution in [-0.4, -0.2) is 24.3 Å². The Morgan fingerprint density at radius 2 is 2.00 bits per heavy atom. The summed E-state index contributed by atoms with van der Waals surface area (Å²) in [4.78, 5) is 19.3. The van der Waals surface area contributed by atoms with Crippen molar-refractivity contribution in [1.29, 1.82) is 0 Å². The van der Waals surface area contributed by atoms with Crippen molar-refractivity contribution < 1.29 is 13.2 Å². The van der Waals surface area contributed by atoms with Crippen molar-refractivity contribution in [3.8, 4) is 11.4 Å². The molecular weight excluding hydrogens is 388 g/mol. The van der Waals surface area contributed by atoms with E-state index in [9.17, 15) is 13.2 Å². The summed E-state index contributed by atoms with van der Waals surface area (Å²) < 4.78 is 24.0. The third-order valence-corrected chi connectivity index (χ3v) is 5.16. The predicted octanol–water partition coefficient (Wildman–Crippen LogP) is 2.87. The van der Waals surface area contributed by atoms with Crippen molar-refractivity contribution in [3.05, 3.63) is 64.9 Å². The van der Waals surface area contributed by atoms with Gasteiger partial charge in [-0.15, -0.1) is 0 Å². The second-order valence-electron chi connectivity index (χ2n) is 5.99. The first kappa shape index (κ1) is 19.1. The highest BCUT2D eigenvalue weighted by Crippen LogP contribution is 2.27. The minimum atomic E-state index is -4.03. The molecule has 0 spiro atoms. The normalized spacial score (nSPS) is 11.4. The fourth-order valence-corrected chi connectivity index (χ4v) is 3.57. The van der Waals surface area contributed by atoms with Crippen LogP contribution in [0.15, 0.2) is 53.6 Å². The zero-order valence-corrected chi connectivity index (χ0v) is 15.9. The van der Waals surface area contributed by atoms with Crippen molar-refractivity contribution in [3.63, 3.8) is 0 Å². The number of aromatic nitrogens is 2. The molecule has 4 N–H and O–H groups in total. The number of halogens is 1. The van der Waals surface area contributed by atoms with E-state index in [2.05, 4.69) is 15.3 Å². The summed E-state index contributed by atoms with van der Waals surface area (Å²) in [5.74, 6) is 0.0514. The summed E-state index contributed by atoms with van der Waals surface area (Å²) in [7, 11) is -4.03. The topological polar surface area (TPSA) is 118 Å². The smallest absolute Gasteiger partial charge is 0.238 e. The molecule has 0 saturated carbocycles. The van der Waals surface area contributed by atoms with Gasteiger partial charge in [0.2, 0.25) is 15.9 Å². The Morgan fingerprint density at radius 1 is 1.26 bits per heavy atom. The molecule has 0 bridgehead atoms. The van der Waals surface area contributed by atoms with Crippen LogP contribution in [0.4, 0.5) is 5.69 Å². The molecule has 7 nitrogen and oxygen atoms in total. The number of imidazole rings is 1. The van der Waals surface area contributed by atoms with Gasteiger partial charge >= 0.3 is 0 Å². The molecule has 0 saturated heterocycles. The number of sulfonamides is 1. The molecule has 9 heteroatoms. The van der Waals surface area contributed by atoms with Gasteiger partial charge in [0.25, 0.3) is 0 Å². The minimum absolute atomic E-state index is 0.0590. The van der Waals surface area contributed by atoms with Gasteiger partial charge in [0.15, 0.2) is 0 Å². The van der Waals surface area contributed by atoms with E-state index >= 15 is 0 Å². The Bertz CT molecular complexity index is 1110. The van der Waals surface area contributed by atoms with Crippen LogP contribution >= 0.6 is 11.6 Å². The molecular formula is C18H17ClN4O3S. The highest BCUT2D eigenvalue weighted by molar-refractivity contribution is 7.89. The number of primary sulfonamides is 1. The maximum Gasteiger partial charge on any atom is 0.238 e. The largest absolute Gasteiger partial charge is 0.342 e. The number of nitrogens with one attached hydrogen (secondary N) is 2. The lowest BCUT2D eigenvalue weighted by Crippen LogP contribution is -2.17. The van der Waals surface area contributed by atoms with Crippen LogP contribution in [0.25, 0.3) is 11.4 Å². The number of amides is 1. The number of hydrogen-bond donors (Lipinski definition) is 3. The monoisotopic (exact) mass is 404 g/mol. The maximum atomic E-state index is 12.3. The Labute approximate surface area is 161 Å². The zero-order chi connectivity index (χ0) is 19.6. The molecule has 0 aliphatic rings. The fourth-order valence-electron chi connectivity index (χ4n) is 2.60. The molecule has 1 amide bonds. The molecule has 0 aliphatic carbocycles. The standard InChI is InChI=1S/C18H17ClN4O3S/c1-11-10-21-18(22-11)14-7-6-13(9-16(14)27(20,25)26)23-17(24)8-12-4-2-3-5-15(12)19/h2-7,9-10H,8H2,1H3,(H,21,22)(H,23,24)(H2,20,25,26). The molecule has 3 rings (SSSR count). The third kappa shape index (κ3) is 4.54. The van der Waals surface area contributed by atoms with Gasteiger partial charge in [0.1, 0.15) is 5.82 Å². The van der Waals surface area contributed by atoms with Crippen LogP contribution in [-0.2, 0) is 21.2 Å². The molecule has 1 heterocycles. The summed E-state index contributed by atoms with van der Waals surface area (Å²) in [6.07, 6.45) is 1.64. The SMILES string of the molecule is Cc1cnc(-c2ccc(NC(=O)Cc3ccccc3Cl)cc2S(N)(=O)=O)[nH]1. The van der Waals surface area contributed by atoms with Gasteiger partial charge in [-0.1, -0.05) is 29.8 Å². The Kier molecular flexibility index (Phi) is 5.31. The second kappa shape index (κ2) is 7.51. The number of aromatic amines is 1. The van der Waals surface area contributed by atoms with Gasteiger partial charge in [-0.05, 0) is 36.8 Å². The first-order valence-electron chi connectivity index (χ1n) is 7.96. The van der Waals surface area contributed by atoms with Gasteiger partial charge in [-0.25, -0.2) is 18.5 Å². The van der Waals surface area contributed by atoms with Crippen LogP contribution in [0.1, 0.15) is 11.3 Å². The Morgan fingerprint density at radius 3 is 2.63 bits per heavy atom. The minimum Gasteiger partial charge on any atom is -0.342 e. The van der Waals surface area contributed by atoms with Crippen molar-refractivity contribution in [2.75, 3.05) is 5.32 Å². The number of hydrogen-bond acceptors (Lipinski definition) is 4. The second-order valence-corrected chi connectivity index (χ2v) is 7.92. The highest BCUT2D eigenvalue weighted by atomic mass is 35.5. The number of benzene rings is 2. The highest BCUT2D eigenvalue weighted by Gasteiger charge is 2.19. The molecule has 3 aromatic rings. The Balaban J connectivity index is 1.89. The van der Waals surface area contributed by atoms with Crippen LogP contribution in [0, 0.1) is 6.92 Å². The number of nitrogens with two attached hydrogens (primary N) is 1. The van der Waals surface area contributed by atoms with Gasteiger partial charge in [0.05, 0.1) is 11.3 Å². The van der Waals surface area contributed by atoms with E-state index in [1.807, 2.05) is 0 Å². The number of H-pyrrole nitrogens is 1. The van der Waals surface area contributed by atoms with E-state index in [0.29, 0.717) is 27.7 Å². The van der Waals surface area contributed by atoms with E-state index < -0.39 is 10.0 Å². The van der Waals surface area contributed by atoms with Crippen LogP contribution in [0.2, 0.25) is 5.02 Å². The number of rotatable bonds is 5. The van der Waals surface area contributed by atoms with Gasteiger partial charge in [0, 0.05) is 28.2 Å². The molecule has 0 atom stereocenters. The average Bonchev–Trinajstić information content (AvgIpc) is 3.02. The lowest BCUT2D eigenvalue weighted by molar-refractivity contribution is -0.115. The molecule has 0 fully saturated rings. The van der Waals surface area contributed by atoms with Crippen molar-refractivity contribution >= 4 is 33.2 Å². The van der Waals surface area contributed by atoms with Crippen molar-refractivity contribution in [2.24, 2.45) is 5.14 Å². The number of anilines is 1. The van der Waals surface area contributed by atoms with E-state index in [1.165, 1.54) is 6.07 Å². The van der Waals surface area contributed by atoms with Crippen LogP contribution < -0.4 is 10.5 Å². The fraction of sp³-hybridized carbons (Fsp3) is 0.111. The summed E-state index contributed by atoms with van der Waals surface area (Å²) in [6, 6.07) is 11.5. The number of carbonyl (C=O) groups is 1. The molecule has 0 unspecified atom stereocenters. The first-order chi connectivity index (χ1) is 12.7. The van der Waals surface area contributed by atoms with Crippen LogP contribution in [0.5, 0.6) is 0 Å².